The SMILES string of the molecule is CCOc1ccccc1C(=O)Oc1ccc(-c2ccccc2)cc1Br. The summed E-state index contributed by atoms with van der Waals surface area (Å²) in [6.07, 6.45) is 0. The van der Waals surface area contributed by atoms with Crippen LogP contribution in [0, 0.1) is 0 Å². The molecule has 25 heavy (non-hydrogen) atoms. The van der Waals surface area contributed by atoms with Crippen molar-refractivity contribution < 1.29 is 14.3 Å². The number of esters is 1. The average Bonchev–Trinajstić information content (AvgIpc) is 2.65. The third kappa shape index (κ3) is 4.09. The summed E-state index contributed by atoms with van der Waals surface area (Å²) in [4.78, 5) is 12.5. The molecule has 126 valence electrons. The van der Waals surface area contributed by atoms with E-state index in [0.29, 0.717) is 23.7 Å². The van der Waals surface area contributed by atoms with E-state index in [-0.39, 0.29) is 0 Å². The lowest BCUT2D eigenvalue weighted by Crippen LogP contribution is -2.11. The van der Waals surface area contributed by atoms with Crippen LogP contribution in [0.1, 0.15) is 17.3 Å². The Labute approximate surface area is 155 Å². The molecule has 0 spiro atoms. The first-order valence-corrected chi connectivity index (χ1v) is 8.77. The van der Waals surface area contributed by atoms with Crippen molar-refractivity contribution in [3.8, 4) is 22.6 Å². The summed E-state index contributed by atoms with van der Waals surface area (Å²) < 4.78 is 11.8. The lowest BCUT2D eigenvalue weighted by molar-refractivity contribution is 0.0729. The van der Waals surface area contributed by atoms with E-state index in [4.69, 9.17) is 9.47 Å². The molecule has 3 aromatic rings. The monoisotopic (exact) mass is 396 g/mol. The fourth-order valence-electron chi connectivity index (χ4n) is 2.47. The van der Waals surface area contributed by atoms with Gasteiger partial charge in [0.1, 0.15) is 17.1 Å². The molecule has 0 bridgehead atoms. The maximum atomic E-state index is 12.5. The summed E-state index contributed by atoms with van der Waals surface area (Å²) >= 11 is 3.49. The van der Waals surface area contributed by atoms with Gasteiger partial charge in [-0.1, -0.05) is 48.5 Å². The van der Waals surface area contributed by atoms with Crippen LogP contribution in [-0.4, -0.2) is 12.6 Å². The molecular weight excluding hydrogens is 380 g/mol. The molecule has 0 heterocycles. The number of benzene rings is 3. The number of halogens is 1. The summed E-state index contributed by atoms with van der Waals surface area (Å²) in [5, 5.41) is 0. The van der Waals surface area contributed by atoms with Gasteiger partial charge in [0.25, 0.3) is 0 Å². The van der Waals surface area contributed by atoms with E-state index in [0.717, 1.165) is 15.6 Å². The highest BCUT2D eigenvalue weighted by Crippen LogP contribution is 2.31. The normalized spacial score (nSPS) is 10.3. The Morgan fingerprint density at radius 3 is 2.32 bits per heavy atom. The predicted octanol–water partition coefficient (Wildman–Crippen LogP) is 5.73. The van der Waals surface area contributed by atoms with E-state index in [9.17, 15) is 4.79 Å². The van der Waals surface area contributed by atoms with Gasteiger partial charge in [0, 0.05) is 0 Å². The van der Waals surface area contributed by atoms with Crippen molar-refractivity contribution in [1.29, 1.82) is 0 Å². The third-order valence-corrected chi connectivity index (χ3v) is 4.27. The van der Waals surface area contributed by atoms with Gasteiger partial charge in [0.05, 0.1) is 11.1 Å². The molecule has 3 rings (SSSR count). The Balaban J connectivity index is 1.83. The molecule has 0 radical (unpaired) electrons. The molecule has 4 heteroatoms. The number of hydrogen-bond acceptors (Lipinski definition) is 3. The van der Waals surface area contributed by atoms with E-state index >= 15 is 0 Å². The van der Waals surface area contributed by atoms with Gasteiger partial charge in [-0.3, -0.25) is 0 Å². The highest BCUT2D eigenvalue weighted by molar-refractivity contribution is 9.10. The van der Waals surface area contributed by atoms with E-state index < -0.39 is 5.97 Å². The zero-order valence-corrected chi connectivity index (χ0v) is 15.3. The molecule has 3 nitrogen and oxygen atoms in total. The van der Waals surface area contributed by atoms with Crippen LogP contribution in [0.25, 0.3) is 11.1 Å². The Hall–Kier alpha value is -2.59. The lowest BCUT2D eigenvalue weighted by Gasteiger charge is -2.11. The first kappa shape index (κ1) is 17.2. The molecule has 0 aliphatic carbocycles. The van der Waals surface area contributed by atoms with Gasteiger partial charge in [0.2, 0.25) is 0 Å². The Kier molecular flexibility index (Phi) is 5.51. The molecule has 0 N–H and O–H groups in total. The van der Waals surface area contributed by atoms with Gasteiger partial charge < -0.3 is 9.47 Å². The van der Waals surface area contributed by atoms with Gasteiger partial charge in [0.15, 0.2) is 0 Å². The minimum Gasteiger partial charge on any atom is -0.493 e. The van der Waals surface area contributed by atoms with Gasteiger partial charge in [-0.2, -0.15) is 0 Å². The second kappa shape index (κ2) is 7.99. The van der Waals surface area contributed by atoms with Crippen molar-refractivity contribution >= 4 is 21.9 Å². The van der Waals surface area contributed by atoms with Crippen molar-refractivity contribution in [3.05, 3.63) is 82.8 Å². The van der Waals surface area contributed by atoms with Crippen LogP contribution in [0.2, 0.25) is 0 Å². The molecule has 0 amide bonds. The fourth-order valence-corrected chi connectivity index (χ4v) is 2.92. The number of para-hydroxylation sites is 1. The quantitative estimate of drug-likeness (QED) is 0.407. The van der Waals surface area contributed by atoms with E-state index in [1.807, 2.05) is 55.5 Å². The maximum Gasteiger partial charge on any atom is 0.347 e. The van der Waals surface area contributed by atoms with Crippen LogP contribution < -0.4 is 9.47 Å². The third-order valence-electron chi connectivity index (χ3n) is 3.65. The molecule has 0 atom stereocenters. The highest BCUT2D eigenvalue weighted by Gasteiger charge is 2.16. The van der Waals surface area contributed by atoms with Gasteiger partial charge in [-0.05, 0) is 58.2 Å². The predicted molar refractivity (Wildman–Crippen MR) is 102 cm³/mol. The van der Waals surface area contributed by atoms with Crippen LogP contribution in [0.4, 0.5) is 0 Å². The highest BCUT2D eigenvalue weighted by atomic mass is 79.9. The molecule has 0 aliphatic heterocycles. The van der Waals surface area contributed by atoms with E-state index in [1.165, 1.54) is 0 Å². The molecular formula is C21H17BrO3. The van der Waals surface area contributed by atoms with Crippen molar-refractivity contribution in [2.45, 2.75) is 6.92 Å². The molecule has 0 saturated carbocycles. The average molecular weight is 397 g/mol. The molecule has 0 aliphatic rings. The lowest BCUT2D eigenvalue weighted by atomic mass is 10.1. The van der Waals surface area contributed by atoms with Crippen molar-refractivity contribution in [2.24, 2.45) is 0 Å². The molecule has 0 saturated heterocycles. The van der Waals surface area contributed by atoms with Gasteiger partial charge >= 0.3 is 5.97 Å². The minimum absolute atomic E-state index is 0.406. The number of ether oxygens (including phenoxy) is 2. The van der Waals surface area contributed by atoms with Crippen molar-refractivity contribution in [1.82, 2.24) is 0 Å². The molecule has 3 aromatic carbocycles. The summed E-state index contributed by atoms with van der Waals surface area (Å²) in [7, 11) is 0. The zero-order chi connectivity index (χ0) is 17.6. The molecule has 0 unspecified atom stereocenters. The second-order valence-corrected chi connectivity index (χ2v) is 6.18. The zero-order valence-electron chi connectivity index (χ0n) is 13.7. The van der Waals surface area contributed by atoms with E-state index in [2.05, 4.69) is 15.9 Å². The van der Waals surface area contributed by atoms with Gasteiger partial charge in [-0.15, -0.1) is 0 Å². The number of carbonyl (C=O) groups is 1. The topological polar surface area (TPSA) is 35.5 Å². The minimum atomic E-state index is -0.447. The summed E-state index contributed by atoms with van der Waals surface area (Å²) in [5.74, 6) is 0.542. The number of rotatable bonds is 5. The van der Waals surface area contributed by atoms with Crippen LogP contribution in [0.3, 0.4) is 0 Å². The smallest absolute Gasteiger partial charge is 0.347 e. The summed E-state index contributed by atoms with van der Waals surface area (Å²) in [6.45, 7) is 2.36. The van der Waals surface area contributed by atoms with E-state index in [1.54, 1.807) is 24.3 Å². The number of carbonyl (C=O) groups excluding carboxylic acids is 1. The standard InChI is InChI=1S/C21H17BrO3/c1-2-24-19-11-7-6-10-17(19)21(23)25-20-13-12-16(14-18(20)22)15-8-4-3-5-9-15/h3-14H,2H2,1H3. The van der Waals surface area contributed by atoms with Crippen molar-refractivity contribution in [2.75, 3.05) is 6.61 Å². The summed E-state index contributed by atoms with van der Waals surface area (Å²) in [5.41, 5.74) is 2.55. The Bertz CT molecular complexity index is 875. The maximum absolute atomic E-state index is 12.5. The van der Waals surface area contributed by atoms with Crippen LogP contribution in [0.15, 0.2) is 77.3 Å². The van der Waals surface area contributed by atoms with Crippen LogP contribution in [0.5, 0.6) is 11.5 Å². The Morgan fingerprint density at radius 1 is 0.880 bits per heavy atom. The Morgan fingerprint density at radius 2 is 1.60 bits per heavy atom. The number of hydrogen-bond donors (Lipinski definition) is 0. The largest absolute Gasteiger partial charge is 0.493 e. The van der Waals surface area contributed by atoms with Gasteiger partial charge in [-0.25, -0.2) is 4.79 Å². The second-order valence-electron chi connectivity index (χ2n) is 5.33. The molecule has 0 fully saturated rings. The fraction of sp³-hybridized carbons (Fsp3) is 0.0952. The molecule has 0 aromatic heterocycles. The van der Waals surface area contributed by atoms with Crippen LogP contribution in [-0.2, 0) is 0 Å². The first-order chi connectivity index (χ1) is 12.2. The van der Waals surface area contributed by atoms with Crippen molar-refractivity contribution in [3.63, 3.8) is 0 Å². The van der Waals surface area contributed by atoms with Crippen LogP contribution >= 0.6 is 15.9 Å². The first-order valence-electron chi connectivity index (χ1n) is 7.98. The summed E-state index contributed by atoms with van der Waals surface area (Å²) in [6, 6.07) is 22.7.